The number of allylic oxidation sites excluding steroid dienone is 2. The molecule has 0 aliphatic heterocycles. The molecule has 1 aliphatic rings. The number of rotatable bonds is 2. The van der Waals surface area contributed by atoms with Crippen molar-refractivity contribution >= 4 is 39.5 Å². The van der Waals surface area contributed by atoms with Crippen molar-refractivity contribution in [3.05, 3.63) is 22.8 Å². The molecule has 0 radical (unpaired) electrons. The van der Waals surface area contributed by atoms with Gasteiger partial charge in [0.25, 0.3) is 0 Å². The lowest BCUT2D eigenvalue weighted by Crippen LogP contribution is -2.48. The van der Waals surface area contributed by atoms with Crippen LogP contribution in [0.5, 0.6) is 0 Å². The Hall–Kier alpha value is -0.0400. The molecule has 1 aliphatic carbocycles. The zero-order chi connectivity index (χ0) is 14.5. The van der Waals surface area contributed by atoms with Crippen LogP contribution in [0.15, 0.2) is 22.8 Å². The monoisotopic (exact) mass is 332 g/mol. The molecule has 0 spiro atoms. The van der Waals surface area contributed by atoms with E-state index in [1.807, 2.05) is 0 Å². The van der Waals surface area contributed by atoms with Crippen LogP contribution in [-0.2, 0) is 18.1 Å². The van der Waals surface area contributed by atoms with E-state index in [2.05, 4.69) is 0 Å². The minimum absolute atomic E-state index is 0.400. The third kappa shape index (κ3) is 2.48. The SMILES string of the molecule is CC1=C[C@@](C)(S(=O)(=O)Cl)[C@H](S(=O)(=O)Cl)C(C)=C1C. The second-order valence-corrected chi connectivity index (χ2v) is 10.3. The van der Waals surface area contributed by atoms with Gasteiger partial charge in [-0.05, 0) is 38.8 Å². The normalized spacial score (nSPS) is 30.3. The van der Waals surface area contributed by atoms with Gasteiger partial charge in [-0.25, -0.2) is 16.8 Å². The van der Waals surface area contributed by atoms with Crippen molar-refractivity contribution in [2.24, 2.45) is 0 Å². The van der Waals surface area contributed by atoms with Crippen molar-refractivity contribution in [3.63, 3.8) is 0 Å². The first-order valence-electron chi connectivity index (χ1n) is 5.07. The largest absolute Gasteiger partial charge is 0.243 e. The van der Waals surface area contributed by atoms with E-state index in [9.17, 15) is 16.8 Å². The molecule has 18 heavy (non-hydrogen) atoms. The lowest BCUT2D eigenvalue weighted by molar-refractivity contribution is 0.555. The summed E-state index contributed by atoms with van der Waals surface area (Å²) in [5.41, 5.74) is 1.79. The van der Waals surface area contributed by atoms with Gasteiger partial charge in [-0.2, -0.15) is 0 Å². The highest BCUT2D eigenvalue weighted by atomic mass is 35.7. The molecule has 0 bridgehead atoms. The van der Waals surface area contributed by atoms with Crippen LogP contribution in [-0.4, -0.2) is 26.8 Å². The fourth-order valence-electron chi connectivity index (χ4n) is 2.24. The summed E-state index contributed by atoms with van der Waals surface area (Å²) in [4.78, 5) is 0. The number of halogens is 2. The zero-order valence-electron chi connectivity index (χ0n) is 10.4. The molecule has 0 saturated carbocycles. The molecule has 0 aromatic rings. The third-order valence-corrected chi connectivity index (χ3v) is 7.90. The molecular weight excluding hydrogens is 319 g/mol. The first-order valence-corrected chi connectivity index (χ1v) is 9.75. The average Bonchev–Trinajstić information content (AvgIpc) is 2.10. The first kappa shape index (κ1) is 16.0. The van der Waals surface area contributed by atoms with E-state index in [1.165, 1.54) is 13.0 Å². The van der Waals surface area contributed by atoms with E-state index in [0.29, 0.717) is 16.7 Å². The van der Waals surface area contributed by atoms with Crippen LogP contribution < -0.4 is 0 Å². The van der Waals surface area contributed by atoms with Crippen molar-refractivity contribution < 1.29 is 16.8 Å². The van der Waals surface area contributed by atoms with Crippen molar-refractivity contribution in [2.75, 3.05) is 0 Å². The fourth-order valence-corrected chi connectivity index (χ4v) is 6.65. The maximum Gasteiger partial charge on any atom is 0.243 e. The van der Waals surface area contributed by atoms with E-state index < -0.39 is 28.1 Å². The standard InChI is InChI=1S/C10H14Cl2O4S2/c1-6-5-10(4,18(12,15)16)9(17(11,13)14)8(3)7(6)2/h5,9H,1-4H3/t9-,10-/m1/s1. The van der Waals surface area contributed by atoms with Gasteiger partial charge in [0.2, 0.25) is 18.1 Å². The second kappa shape index (κ2) is 4.51. The lowest BCUT2D eigenvalue weighted by Gasteiger charge is -2.35. The highest BCUT2D eigenvalue weighted by Gasteiger charge is 2.52. The summed E-state index contributed by atoms with van der Waals surface area (Å²) in [6, 6.07) is 0. The topological polar surface area (TPSA) is 68.3 Å². The molecule has 0 aromatic heterocycles. The quantitative estimate of drug-likeness (QED) is 0.728. The minimum atomic E-state index is -4.15. The molecule has 0 N–H and O–H groups in total. The summed E-state index contributed by atoms with van der Waals surface area (Å²) in [5.74, 6) is 0. The van der Waals surface area contributed by atoms with E-state index in [-0.39, 0.29) is 0 Å². The van der Waals surface area contributed by atoms with E-state index in [1.54, 1.807) is 20.8 Å². The summed E-state index contributed by atoms with van der Waals surface area (Å²) in [7, 11) is 2.55. The second-order valence-electron chi connectivity index (χ2n) is 4.61. The van der Waals surface area contributed by atoms with Crippen LogP contribution in [0.25, 0.3) is 0 Å². The van der Waals surface area contributed by atoms with Gasteiger partial charge in [0, 0.05) is 21.4 Å². The molecule has 0 saturated heterocycles. The smallest absolute Gasteiger partial charge is 0.212 e. The third-order valence-electron chi connectivity index (χ3n) is 3.41. The van der Waals surface area contributed by atoms with E-state index in [4.69, 9.17) is 21.4 Å². The highest BCUT2D eigenvalue weighted by molar-refractivity contribution is 8.18. The van der Waals surface area contributed by atoms with Gasteiger partial charge in [-0.3, -0.25) is 0 Å². The van der Waals surface area contributed by atoms with Crippen molar-refractivity contribution in [2.45, 2.75) is 37.7 Å². The average molecular weight is 333 g/mol. The Labute approximate surface area is 117 Å². The molecule has 0 amide bonds. The molecule has 104 valence electrons. The van der Waals surface area contributed by atoms with Gasteiger partial charge in [0.15, 0.2) is 0 Å². The molecule has 0 fully saturated rings. The molecule has 4 nitrogen and oxygen atoms in total. The van der Waals surface area contributed by atoms with Gasteiger partial charge in [0.05, 0.1) is 0 Å². The summed E-state index contributed by atoms with van der Waals surface area (Å²) in [6.07, 6.45) is 1.35. The Morgan fingerprint density at radius 1 is 1.11 bits per heavy atom. The van der Waals surface area contributed by atoms with Crippen molar-refractivity contribution in [1.82, 2.24) is 0 Å². The molecule has 0 heterocycles. The number of hydrogen-bond acceptors (Lipinski definition) is 4. The van der Waals surface area contributed by atoms with Crippen LogP contribution in [0.2, 0.25) is 0 Å². The van der Waals surface area contributed by atoms with Gasteiger partial charge in [0.1, 0.15) is 10.00 Å². The van der Waals surface area contributed by atoms with Gasteiger partial charge < -0.3 is 0 Å². The van der Waals surface area contributed by atoms with Crippen LogP contribution in [0.1, 0.15) is 27.7 Å². The minimum Gasteiger partial charge on any atom is -0.212 e. The predicted octanol–water partition coefficient (Wildman–Crippen LogP) is 2.55. The Kier molecular flexibility index (Phi) is 4.01. The molecule has 0 unspecified atom stereocenters. The van der Waals surface area contributed by atoms with Crippen LogP contribution in [0.4, 0.5) is 0 Å². The Morgan fingerprint density at radius 2 is 1.56 bits per heavy atom. The van der Waals surface area contributed by atoms with Gasteiger partial charge in [-0.15, -0.1) is 0 Å². The predicted molar refractivity (Wildman–Crippen MR) is 73.9 cm³/mol. The molecule has 8 heteroatoms. The molecule has 2 atom stereocenters. The summed E-state index contributed by atoms with van der Waals surface area (Å²) in [6.45, 7) is 6.24. The van der Waals surface area contributed by atoms with Crippen molar-refractivity contribution in [3.8, 4) is 0 Å². The highest BCUT2D eigenvalue weighted by Crippen LogP contribution is 2.43. The van der Waals surface area contributed by atoms with Crippen LogP contribution in [0.3, 0.4) is 0 Å². The number of hydrogen-bond donors (Lipinski definition) is 0. The summed E-state index contributed by atoms with van der Waals surface area (Å²) in [5, 5.41) is -1.38. The van der Waals surface area contributed by atoms with Crippen LogP contribution in [0, 0.1) is 0 Å². The van der Waals surface area contributed by atoms with Gasteiger partial charge >= 0.3 is 0 Å². The van der Waals surface area contributed by atoms with E-state index in [0.717, 1.165) is 0 Å². The fraction of sp³-hybridized carbons (Fsp3) is 0.600. The van der Waals surface area contributed by atoms with Crippen LogP contribution >= 0.6 is 21.4 Å². The molecule has 1 rings (SSSR count). The van der Waals surface area contributed by atoms with Crippen molar-refractivity contribution in [1.29, 1.82) is 0 Å². The molecular formula is C10H14Cl2O4S2. The Balaban J connectivity index is 3.74. The van der Waals surface area contributed by atoms with E-state index >= 15 is 0 Å². The maximum absolute atomic E-state index is 11.7. The first-order chi connectivity index (χ1) is 7.82. The zero-order valence-corrected chi connectivity index (χ0v) is 13.5. The lowest BCUT2D eigenvalue weighted by atomic mass is 9.86. The van der Waals surface area contributed by atoms with Gasteiger partial charge in [-0.1, -0.05) is 11.6 Å². The maximum atomic E-state index is 11.7. The summed E-state index contributed by atoms with van der Waals surface area (Å²) >= 11 is 0. The summed E-state index contributed by atoms with van der Waals surface area (Å²) < 4.78 is 45.1. The Morgan fingerprint density at radius 3 is 1.89 bits per heavy atom. The molecule has 0 aromatic carbocycles. The Bertz CT molecular complexity index is 643.